The lowest BCUT2D eigenvalue weighted by molar-refractivity contribution is -0.385. The molecule has 0 spiro atoms. The number of methoxy groups -OCH3 is 1. The van der Waals surface area contributed by atoms with Crippen molar-refractivity contribution < 1.29 is 23.9 Å². The number of ether oxygens (including phenoxy) is 3. The van der Waals surface area contributed by atoms with Gasteiger partial charge in [0, 0.05) is 30.5 Å². The van der Waals surface area contributed by atoms with E-state index in [1.54, 1.807) is 13.0 Å². The number of aryl methyl sites for hydroxylation is 1. The molecule has 3 rings (SSSR count). The maximum atomic E-state index is 12.9. The number of hydrogen-bond donors (Lipinski definition) is 1. The van der Waals surface area contributed by atoms with Crippen LogP contribution in [0.1, 0.15) is 22.8 Å². The molecule has 2 aromatic rings. The van der Waals surface area contributed by atoms with E-state index < -0.39 is 10.8 Å². The number of benzene rings is 2. The highest BCUT2D eigenvalue weighted by Gasteiger charge is 2.25. The van der Waals surface area contributed by atoms with Crippen LogP contribution >= 0.6 is 0 Å². The van der Waals surface area contributed by atoms with Crippen LogP contribution in [-0.2, 0) is 4.74 Å². The van der Waals surface area contributed by atoms with Crippen LogP contribution in [0.25, 0.3) is 0 Å². The van der Waals surface area contributed by atoms with Crippen molar-refractivity contribution >= 4 is 23.0 Å². The lowest BCUT2D eigenvalue weighted by Gasteiger charge is -2.29. The second kappa shape index (κ2) is 9.45. The predicted molar refractivity (Wildman–Crippen MR) is 113 cm³/mol. The monoisotopic (exact) mass is 415 g/mol. The van der Waals surface area contributed by atoms with Crippen molar-refractivity contribution in [1.82, 2.24) is 0 Å². The van der Waals surface area contributed by atoms with E-state index in [-0.39, 0.29) is 22.7 Å². The van der Waals surface area contributed by atoms with Crippen molar-refractivity contribution in [2.75, 3.05) is 50.2 Å². The van der Waals surface area contributed by atoms with Crippen molar-refractivity contribution in [3.63, 3.8) is 0 Å². The predicted octanol–water partition coefficient (Wildman–Crippen LogP) is 3.40. The van der Waals surface area contributed by atoms with Crippen LogP contribution in [0.4, 0.5) is 17.1 Å². The summed E-state index contributed by atoms with van der Waals surface area (Å²) >= 11 is 0. The fourth-order valence-electron chi connectivity index (χ4n) is 3.31. The van der Waals surface area contributed by atoms with Crippen molar-refractivity contribution in [3.8, 4) is 11.5 Å². The number of rotatable bonds is 7. The first-order valence-corrected chi connectivity index (χ1v) is 9.68. The summed E-state index contributed by atoms with van der Waals surface area (Å²) in [5, 5.41) is 14.3. The molecule has 1 aliphatic heterocycles. The van der Waals surface area contributed by atoms with E-state index in [0.29, 0.717) is 25.5 Å². The molecule has 1 saturated heterocycles. The zero-order valence-corrected chi connectivity index (χ0v) is 17.3. The van der Waals surface area contributed by atoms with Crippen molar-refractivity contribution in [1.29, 1.82) is 0 Å². The van der Waals surface area contributed by atoms with Gasteiger partial charge in [0.1, 0.15) is 5.56 Å². The molecule has 2 aromatic carbocycles. The molecule has 0 unspecified atom stereocenters. The number of nitrogens with one attached hydrogen (secondary N) is 1. The Morgan fingerprint density at radius 2 is 1.97 bits per heavy atom. The van der Waals surface area contributed by atoms with Gasteiger partial charge in [-0.15, -0.1) is 0 Å². The number of nitro groups is 1. The Kier molecular flexibility index (Phi) is 6.73. The Balaban J connectivity index is 1.87. The Hall–Kier alpha value is -3.33. The highest BCUT2D eigenvalue weighted by atomic mass is 16.6. The fraction of sp³-hybridized carbons (Fsp3) is 0.381. The molecule has 160 valence electrons. The Morgan fingerprint density at radius 3 is 2.57 bits per heavy atom. The number of amides is 1. The molecule has 0 radical (unpaired) electrons. The number of nitrogens with zero attached hydrogens (tertiary/aromatic N) is 2. The Bertz CT molecular complexity index is 941. The van der Waals surface area contributed by atoms with Crippen LogP contribution in [0.3, 0.4) is 0 Å². The molecule has 0 bridgehead atoms. The van der Waals surface area contributed by atoms with Crippen molar-refractivity contribution in [2.24, 2.45) is 0 Å². The van der Waals surface area contributed by atoms with E-state index in [4.69, 9.17) is 14.2 Å². The third-order valence-electron chi connectivity index (χ3n) is 4.86. The molecule has 1 fully saturated rings. The minimum absolute atomic E-state index is 0.0964. The number of hydrogen-bond acceptors (Lipinski definition) is 7. The zero-order chi connectivity index (χ0) is 21.7. The quantitative estimate of drug-likeness (QED) is 0.546. The van der Waals surface area contributed by atoms with Gasteiger partial charge >= 0.3 is 0 Å². The third-order valence-corrected chi connectivity index (χ3v) is 4.86. The Labute approximate surface area is 174 Å². The van der Waals surface area contributed by atoms with Gasteiger partial charge < -0.3 is 24.4 Å². The molecule has 1 aliphatic rings. The number of carbonyl (C=O) groups is 1. The lowest BCUT2D eigenvalue weighted by atomic mass is 10.1. The van der Waals surface area contributed by atoms with Gasteiger partial charge in [0.15, 0.2) is 11.5 Å². The molecular formula is C21H25N3O6. The number of morpholine rings is 1. The first-order chi connectivity index (χ1) is 14.4. The van der Waals surface area contributed by atoms with Gasteiger partial charge in [-0.25, -0.2) is 0 Å². The van der Waals surface area contributed by atoms with Gasteiger partial charge in [0.05, 0.1) is 37.9 Å². The molecule has 1 heterocycles. The molecule has 30 heavy (non-hydrogen) atoms. The summed E-state index contributed by atoms with van der Waals surface area (Å²) in [5.41, 5.74) is 2.03. The van der Waals surface area contributed by atoms with Crippen LogP contribution in [0.5, 0.6) is 11.5 Å². The minimum Gasteiger partial charge on any atom is -0.493 e. The first-order valence-electron chi connectivity index (χ1n) is 9.68. The molecule has 1 amide bonds. The maximum Gasteiger partial charge on any atom is 0.286 e. The number of carbonyl (C=O) groups excluding carboxylic acids is 1. The number of anilines is 2. The smallest absolute Gasteiger partial charge is 0.286 e. The van der Waals surface area contributed by atoms with E-state index in [1.165, 1.54) is 19.2 Å². The second-order valence-corrected chi connectivity index (χ2v) is 6.76. The van der Waals surface area contributed by atoms with Gasteiger partial charge in [-0.3, -0.25) is 14.9 Å². The molecule has 1 N–H and O–H groups in total. The Morgan fingerprint density at radius 1 is 1.23 bits per heavy atom. The van der Waals surface area contributed by atoms with Gasteiger partial charge in [-0.1, -0.05) is 0 Å². The van der Waals surface area contributed by atoms with E-state index >= 15 is 0 Å². The summed E-state index contributed by atoms with van der Waals surface area (Å²) in [6.07, 6.45) is 0. The van der Waals surface area contributed by atoms with E-state index in [1.807, 2.05) is 19.1 Å². The summed E-state index contributed by atoms with van der Waals surface area (Å²) in [7, 11) is 1.39. The summed E-state index contributed by atoms with van der Waals surface area (Å²) in [6, 6.07) is 8.25. The molecular weight excluding hydrogens is 390 g/mol. The highest BCUT2D eigenvalue weighted by molar-refractivity contribution is 6.08. The van der Waals surface area contributed by atoms with Crippen LogP contribution in [0.2, 0.25) is 0 Å². The third kappa shape index (κ3) is 4.62. The van der Waals surface area contributed by atoms with Gasteiger partial charge in [0.2, 0.25) is 0 Å². The molecule has 0 aliphatic carbocycles. The van der Waals surface area contributed by atoms with Gasteiger partial charge in [-0.2, -0.15) is 0 Å². The summed E-state index contributed by atoms with van der Waals surface area (Å²) in [6.45, 7) is 6.97. The molecule has 9 nitrogen and oxygen atoms in total. The summed E-state index contributed by atoms with van der Waals surface area (Å²) < 4.78 is 16.0. The van der Waals surface area contributed by atoms with Crippen LogP contribution in [0, 0.1) is 17.0 Å². The largest absolute Gasteiger partial charge is 0.493 e. The van der Waals surface area contributed by atoms with E-state index in [2.05, 4.69) is 10.2 Å². The molecule has 9 heteroatoms. The van der Waals surface area contributed by atoms with Gasteiger partial charge in [-0.05, 0) is 37.6 Å². The lowest BCUT2D eigenvalue weighted by Crippen LogP contribution is -2.36. The van der Waals surface area contributed by atoms with Gasteiger partial charge in [0.25, 0.3) is 11.6 Å². The fourth-order valence-corrected chi connectivity index (χ4v) is 3.31. The standard InChI is InChI=1S/C21H25N3O6/c1-4-30-20-12-16(18(24(26)27)13-19(20)28-3)21(25)22-17-6-5-15(11-14(17)2)23-7-9-29-10-8-23/h5-6,11-13H,4,7-10H2,1-3H3,(H,22,25). The highest BCUT2D eigenvalue weighted by Crippen LogP contribution is 2.35. The number of nitro benzene ring substituents is 1. The summed E-state index contributed by atoms with van der Waals surface area (Å²) in [5.74, 6) is -0.117. The molecule has 0 aromatic heterocycles. The first kappa shape index (κ1) is 21.4. The minimum atomic E-state index is -0.610. The second-order valence-electron chi connectivity index (χ2n) is 6.76. The van der Waals surface area contributed by atoms with E-state index in [0.717, 1.165) is 24.3 Å². The van der Waals surface area contributed by atoms with Crippen molar-refractivity contribution in [3.05, 3.63) is 51.6 Å². The average Bonchev–Trinajstić information content (AvgIpc) is 2.75. The van der Waals surface area contributed by atoms with Crippen LogP contribution in [0.15, 0.2) is 30.3 Å². The zero-order valence-electron chi connectivity index (χ0n) is 17.3. The topological polar surface area (TPSA) is 103 Å². The molecule has 0 atom stereocenters. The summed E-state index contributed by atoms with van der Waals surface area (Å²) in [4.78, 5) is 26.0. The van der Waals surface area contributed by atoms with Crippen LogP contribution in [-0.4, -0.2) is 50.9 Å². The normalized spacial score (nSPS) is 13.6. The average molecular weight is 415 g/mol. The maximum absolute atomic E-state index is 12.9. The SMILES string of the molecule is CCOc1cc(C(=O)Nc2ccc(N3CCOCC3)cc2C)c([N+](=O)[O-])cc1OC. The molecule has 0 saturated carbocycles. The van der Waals surface area contributed by atoms with Crippen LogP contribution < -0.4 is 19.7 Å². The van der Waals surface area contributed by atoms with Crippen molar-refractivity contribution in [2.45, 2.75) is 13.8 Å². The van der Waals surface area contributed by atoms with E-state index in [9.17, 15) is 14.9 Å².